The summed E-state index contributed by atoms with van der Waals surface area (Å²) in [6, 6.07) is 3.79. The largest absolute Gasteiger partial charge is 0.378 e. The molecule has 0 radical (unpaired) electrons. The molecule has 94 valence electrons. The molecular weight excluding hydrogens is 238 g/mol. The highest BCUT2D eigenvalue weighted by molar-refractivity contribution is 5.92. The molecule has 5 heteroatoms. The smallest absolute Gasteiger partial charge is 0.136 e. The molecule has 1 aromatic carbocycles. The van der Waals surface area contributed by atoms with Crippen molar-refractivity contribution in [1.82, 2.24) is 4.98 Å². The summed E-state index contributed by atoms with van der Waals surface area (Å²) in [6.45, 7) is 2.58. The van der Waals surface area contributed by atoms with Gasteiger partial charge in [-0.2, -0.15) is 0 Å². The SMILES string of the molecule is Fc1cc(F)c2ccnc(N3CCOCC3)c2c1. The maximum absolute atomic E-state index is 13.7. The Balaban J connectivity index is 2.16. The number of morpholine rings is 1. The molecule has 1 saturated heterocycles. The molecule has 0 N–H and O–H groups in total. The zero-order chi connectivity index (χ0) is 12.5. The van der Waals surface area contributed by atoms with E-state index in [9.17, 15) is 8.78 Å². The van der Waals surface area contributed by atoms with Crippen molar-refractivity contribution in [3.63, 3.8) is 0 Å². The summed E-state index contributed by atoms with van der Waals surface area (Å²) in [4.78, 5) is 6.24. The van der Waals surface area contributed by atoms with Gasteiger partial charge in [0.05, 0.1) is 13.2 Å². The maximum atomic E-state index is 13.7. The number of rotatable bonds is 1. The van der Waals surface area contributed by atoms with Gasteiger partial charge in [-0.3, -0.25) is 0 Å². The fourth-order valence-corrected chi connectivity index (χ4v) is 2.22. The number of fused-ring (bicyclic) bond motifs is 1. The standard InChI is InChI=1S/C13H12F2N2O/c14-9-7-11-10(12(15)8-9)1-2-16-13(11)17-3-5-18-6-4-17/h1-2,7-8H,3-6H2. The number of nitrogens with zero attached hydrogens (tertiary/aromatic N) is 2. The summed E-state index contributed by atoms with van der Waals surface area (Å²) in [7, 11) is 0. The molecule has 18 heavy (non-hydrogen) atoms. The van der Waals surface area contributed by atoms with E-state index >= 15 is 0 Å². The molecule has 2 aromatic rings. The van der Waals surface area contributed by atoms with E-state index in [-0.39, 0.29) is 0 Å². The predicted molar refractivity (Wildman–Crippen MR) is 64.7 cm³/mol. The van der Waals surface area contributed by atoms with Gasteiger partial charge in [0.25, 0.3) is 0 Å². The third kappa shape index (κ3) is 1.90. The maximum Gasteiger partial charge on any atom is 0.136 e. The van der Waals surface area contributed by atoms with Crippen molar-refractivity contribution >= 4 is 16.6 Å². The average Bonchev–Trinajstić information content (AvgIpc) is 2.39. The number of halogens is 2. The molecule has 3 rings (SSSR count). The predicted octanol–water partition coefficient (Wildman–Crippen LogP) is 2.35. The molecule has 1 aliphatic heterocycles. The van der Waals surface area contributed by atoms with Gasteiger partial charge in [-0.05, 0) is 12.1 Å². The molecule has 1 fully saturated rings. The zero-order valence-corrected chi connectivity index (χ0v) is 9.70. The van der Waals surface area contributed by atoms with Gasteiger partial charge >= 0.3 is 0 Å². The van der Waals surface area contributed by atoms with Gasteiger partial charge in [-0.1, -0.05) is 0 Å². The van der Waals surface area contributed by atoms with E-state index in [1.54, 1.807) is 12.3 Å². The Labute approximate surface area is 103 Å². The Hall–Kier alpha value is -1.75. The molecular formula is C13H12F2N2O. The van der Waals surface area contributed by atoms with E-state index in [0.29, 0.717) is 42.9 Å². The Morgan fingerprint density at radius 3 is 2.67 bits per heavy atom. The van der Waals surface area contributed by atoms with Crippen LogP contribution in [0.15, 0.2) is 24.4 Å². The summed E-state index contributed by atoms with van der Waals surface area (Å²) >= 11 is 0. The van der Waals surface area contributed by atoms with E-state index in [1.165, 1.54) is 6.07 Å². The molecule has 0 amide bonds. The monoisotopic (exact) mass is 250 g/mol. The lowest BCUT2D eigenvalue weighted by Gasteiger charge is -2.28. The molecule has 1 aromatic heterocycles. The van der Waals surface area contributed by atoms with Crippen LogP contribution in [0.5, 0.6) is 0 Å². The normalized spacial score (nSPS) is 16.2. The van der Waals surface area contributed by atoms with E-state index < -0.39 is 11.6 Å². The van der Waals surface area contributed by atoms with E-state index in [2.05, 4.69) is 4.98 Å². The Morgan fingerprint density at radius 2 is 1.89 bits per heavy atom. The van der Waals surface area contributed by atoms with Crippen molar-refractivity contribution < 1.29 is 13.5 Å². The fraction of sp³-hybridized carbons (Fsp3) is 0.308. The molecule has 0 atom stereocenters. The second kappa shape index (κ2) is 4.49. The number of hydrogen-bond donors (Lipinski definition) is 0. The minimum atomic E-state index is -0.581. The van der Waals surface area contributed by atoms with Gasteiger partial charge in [0.2, 0.25) is 0 Å². The van der Waals surface area contributed by atoms with Crippen LogP contribution in [0.1, 0.15) is 0 Å². The quantitative estimate of drug-likeness (QED) is 0.776. The third-order valence-corrected chi connectivity index (χ3v) is 3.08. The van der Waals surface area contributed by atoms with Crippen LogP contribution in [0.25, 0.3) is 10.8 Å². The lowest BCUT2D eigenvalue weighted by molar-refractivity contribution is 0.122. The topological polar surface area (TPSA) is 25.4 Å². The van der Waals surface area contributed by atoms with Crippen LogP contribution in [-0.4, -0.2) is 31.3 Å². The first-order chi connectivity index (χ1) is 8.75. The van der Waals surface area contributed by atoms with Crippen molar-refractivity contribution in [1.29, 1.82) is 0 Å². The molecule has 0 bridgehead atoms. The van der Waals surface area contributed by atoms with Gasteiger partial charge in [0.1, 0.15) is 17.5 Å². The van der Waals surface area contributed by atoms with Crippen LogP contribution in [0.2, 0.25) is 0 Å². The number of aromatic nitrogens is 1. The lowest BCUT2D eigenvalue weighted by Crippen LogP contribution is -2.36. The van der Waals surface area contributed by atoms with Crippen molar-refractivity contribution in [3.05, 3.63) is 36.0 Å². The van der Waals surface area contributed by atoms with Crippen molar-refractivity contribution in [2.75, 3.05) is 31.2 Å². The average molecular weight is 250 g/mol. The highest BCUT2D eigenvalue weighted by Gasteiger charge is 2.16. The Bertz CT molecular complexity index is 582. The van der Waals surface area contributed by atoms with Crippen LogP contribution in [0.4, 0.5) is 14.6 Å². The summed E-state index contributed by atoms with van der Waals surface area (Å²) in [6.07, 6.45) is 1.55. The summed E-state index contributed by atoms with van der Waals surface area (Å²) < 4.78 is 32.3. The van der Waals surface area contributed by atoms with E-state index in [4.69, 9.17) is 4.74 Å². The van der Waals surface area contributed by atoms with Crippen LogP contribution in [0, 0.1) is 11.6 Å². The molecule has 0 saturated carbocycles. The second-order valence-electron chi connectivity index (χ2n) is 4.22. The highest BCUT2D eigenvalue weighted by atomic mass is 19.1. The summed E-state index contributed by atoms with van der Waals surface area (Å²) in [5.41, 5.74) is 0. The van der Waals surface area contributed by atoms with Crippen LogP contribution < -0.4 is 4.90 Å². The first kappa shape index (κ1) is 11.3. The Morgan fingerprint density at radius 1 is 1.11 bits per heavy atom. The minimum absolute atomic E-state index is 0.396. The van der Waals surface area contributed by atoms with Gasteiger partial charge < -0.3 is 9.64 Å². The second-order valence-corrected chi connectivity index (χ2v) is 4.22. The highest BCUT2D eigenvalue weighted by Crippen LogP contribution is 2.27. The number of pyridine rings is 1. The molecule has 3 nitrogen and oxygen atoms in total. The molecule has 2 heterocycles. The minimum Gasteiger partial charge on any atom is -0.378 e. The van der Waals surface area contributed by atoms with E-state index in [1.807, 2.05) is 4.90 Å². The molecule has 0 aliphatic carbocycles. The van der Waals surface area contributed by atoms with Gasteiger partial charge in [-0.25, -0.2) is 13.8 Å². The van der Waals surface area contributed by atoms with Crippen molar-refractivity contribution in [3.8, 4) is 0 Å². The Kier molecular flexibility index (Phi) is 2.83. The first-order valence-electron chi connectivity index (χ1n) is 5.82. The first-order valence-corrected chi connectivity index (χ1v) is 5.82. The molecule has 0 unspecified atom stereocenters. The number of benzene rings is 1. The number of anilines is 1. The zero-order valence-electron chi connectivity index (χ0n) is 9.70. The summed E-state index contributed by atoms with van der Waals surface area (Å²) in [5.74, 6) is -0.515. The van der Waals surface area contributed by atoms with Gasteiger partial charge in [-0.15, -0.1) is 0 Å². The lowest BCUT2D eigenvalue weighted by atomic mass is 10.1. The van der Waals surface area contributed by atoms with Gasteiger partial charge in [0, 0.05) is 36.1 Å². The number of ether oxygens (including phenoxy) is 1. The fourth-order valence-electron chi connectivity index (χ4n) is 2.22. The summed E-state index contributed by atoms with van der Waals surface area (Å²) in [5, 5.41) is 0.907. The van der Waals surface area contributed by atoms with Crippen molar-refractivity contribution in [2.24, 2.45) is 0 Å². The third-order valence-electron chi connectivity index (χ3n) is 3.08. The molecule has 1 aliphatic rings. The van der Waals surface area contributed by atoms with E-state index in [0.717, 1.165) is 6.07 Å². The van der Waals surface area contributed by atoms with Crippen LogP contribution in [-0.2, 0) is 4.74 Å². The van der Waals surface area contributed by atoms with Gasteiger partial charge in [0.15, 0.2) is 0 Å². The van der Waals surface area contributed by atoms with Crippen molar-refractivity contribution in [2.45, 2.75) is 0 Å². The molecule has 0 spiro atoms. The number of hydrogen-bond acceptors (Lipinski definition) is 3. The van der Waals surface area contributed by atoms with Crippen LogP contribution in [0.3, 0.4) is 0 Å². The van der Waals surface area contributed by atoms with Crippen LogP contribution >= 0.6 is 0 Å².